The van der Waals surface area contributed by atoms with Crippen LogP contribution in [0.25, 0.3) is 0 Å². The van der Waals surface area contributed by atoms with Gasteiger partial charge in [0, 0.05) is 25.3 Å². The number of hydrogen-bond acceptors (Lipinski definition) is 5. The third-order valence-electron chi connectivity index (χ3n) is 2.95. The Kier molecular flexibility index (Phi) is 4.11. The topological polar surface area (TPSA) is 67.4 Å². The molecular formula is C14H22N4O2. The van der Waals surface area contributed by atoms with E-state index >= 15 is 0 Å². The van der Waals surface area contributed by atoms with Gasteiger partial charge in [0.25, 0.3) is 0 Å². The van der Waals surface area contributed by atoms with Crippen molar-refractivity contribution in [1.82, 2.24) is 14.9 Å². The number of nitrogens with one attached hydrogen (secondary N) is 1. The fourth-order valence-electron chi connectivity index (χ4n) is 2.11. The fraction of sp³-hybridized carbons (Fsp3) is 0.643. The third-order valence-corrected chi connectivity index (χ3v) is 2.95. The SMILES string of the molecule is Cc1cncc(N[C@@H]2CCN(C(=O)OC(C)(C)C)C2)n1. The molecule has 0 spiro atoms. The Morgan fingerprint density at radius 2 is 2.20 bits per heavy atom. The van der Waals surface area contributed by atoms with Crippen molar-refractivity contribution in [3.63, 3.8) is 0 Å². The van der Waals surface area contributed by atoms with Gasteiger partial charge in [-0.2, -0.15) is 0 Å². The molecule has 1 fully saturated rings. The summed E-state index contributed by atoms with van der Waals surface area (Å²) in [5.41, 5.74) is 0.418. The highest BCUT2D eigenvalue weighted by Crippen LogP contribution is 2.17. The van der Waals surface area contributed by atoms with Crippen LogP contribution in [0.2, 0.25) is 0 Å². The van der Waals surface area contributed by atoms with E-state index in [2.05, 4.69) is 15.3 Å². The first kappa shape index (κ1) is 14.6. The van der Waals surface area contributed by atoms with Gasteiger partial charge in [0.2, 0.25) is 0 Å². The van der Waals surface area contributed by atoms with E-state index in [9.17, 15) is 4.79 Å². The van der Waals surface area contributed by atoms with E-state index < -0.39 is 5.60 Å². The summed E-state index contributed by atoms with van der Waals surface area (Å²) in [7, 11) is 0. The molecule has 1 saturated heterocycles. The van der Waals surface area contributed by atoms with Crippen LogP contribution in [0.5, 0.6) is 0 Å². The second-order valence-electron chi connectivity index (χ2n) is 6.10. The Hall–Kier alpha value is -1.85. The lowest BCUT2D eigenvalue weighted by Gasteiger charge is -2.24. The van der Waals surface area contributed by atoms with Crippen molar-refractivity contribution < 1.29 is 9.53 Å². The summed E-state index contributed by atoms with van der Waals surface area (Å²) in [6.07, 6.45) is 4.04. The quantitative estimate of drug-likeness (QED) is 0.898. The molecule has 0 saturated carbocycles. The summed E-state index contributed by atoms with van der Waals surface area (Å²) < 4.78 is 5.37. The molecule has 2 rings (SSSR count). The summed E-state index contributed by atoms with van der Waals surface area (Å²) >= 11 is 0. The summed E-state index contributed by atoms with van der Waals surface area (Å²) in [4.78, 5) is 22.1. The molecule has 1 aromatic heterocycles. The van der Waals surface area contributed by atoms with E-state index in [1.807, 2.05) is 27.7 Å². The molecule has 0 aliphatic carbocycles. The van der Waals surface area contributed by atoms with Gasteiger partial charge in [-0.25, -0.2) is 9.78 Å². The van der Waals surface area contributed by atoms with Gasteiger partial charge >= 0.3 is 6.09 Å². The zero-order chi connectivity index (χ0) is 14.8. The molecule has 0 aromatic carbocycles. The molecule has 2 heterocycles. The number of ether oxygens (including phenoxy) is 1. The third kappa shape index (κ3) is 4.08. The first-order chi connectivity index (χ1) is 9.33. The van der Waals surface area contributed by atoms with Gasteiger partial charge in [-0.05, 0) is 34.1 Å². The minimum Gasteiger partial charge on any atom is -0.444 e. The lowest BCUT2D eigenvalue weighted by atomic mass is 10.2. The van der Waals surface area contributed by atoms with Gasteiger partial charge in [0.15, 0.2) is 0 Å². The first-order valence-corrected chi connectivity index (χ1v) is 6.86. The Morgan fingerprint density at radius 3 is 2.85 bits per heavy atom. The number of aryl methyl sites for hydroxylation is 1. The zero-order valence-corrected chi connectivity index (χ0v) is 12.5. The second kappa shape index (κ2) is 5.64. The Balaban J connectivity index is 1.88. The highest BCUT2D eigenvalue weighted by molar-refractivity contribution is 5.68. The normalized spacial score (nSPS) is 19.0. The van der Waals surface area contributed by atoms with E-state index in [0.717, 1.165) is 17.9 Å². The van der Waals surface area contributed by atoms with Crippen LogP contribution in [-0.2, 0) is 4.74 Å². The van der Waals surface area contributed by atoms with Crippen LogP contribution in [0.4, 0.5) is 10.6 Å². The maximum atomic E-state index is 12.0. The average molecular weight is 278 g/mol. The Labute approximate surface area is 119 Å². The number of anilines is 1. The van der Waals surface area contributed by atoms with Crippen molar-refractivity contribution in [2.75, 3.05) is 18.4 Å². The maximum Gasteiger partial charge on any atom is 0.410 e. The van der Waals surface area contributed by atoms with Crippen molar-refractivity contribution in [2.45, 2.75) is 45.8 Å². The van der Waals surface area contributed by atoms with Gasteiger partial charge in [-0.3, -0.25) is 4.98 Å². The van der Waals surface area contributed by atoms with Crippen molar-refractivity contribution in [1.29, 1.82) is 0 Å². The minimum absolute atomic E-state index is 0.193. The number of amides is 1. The fourth-order valence-corrected chi connectivity index (χ4v) is 2.11. The number of aromatic nitrogens is 2. The van der Waals surface area contributed by atoms with Crippen LogP contribution in [-0.4, -0.2) is 45.7 Å². The highest BCUT2D eigenvalue weighted by Gasteiger charge is 2.29. The molecule has 6 heteroatoms. The number of nitrogens with zero attached hydrogens (tertiary/aromatic N) is 3. The average Bonchev–Trinajstić information content (AvgIpc) is 2.75. The first-order valence-electron chi connectivity index (χ1n) is 6.86. The number of rotatable bonds is 2. The number of likely N-dealkylation sites (tertiary alicyclic amines) is 1. The van der Waals surface area contributed by atoms with Gasteiger partial charge in [-0.1, -0.05) is 0 Å². The molecule has 1 N–H and O–H groups in total. The molecule has 1 aliphatic heterocycles. The summed E-state index contributed by atoms with van der Waals surface area (Å²) in [6, 6.07) is 0.193. The monoisotopic (exact) mass is 278 g/mol. The second-order valence-corrected chi connectivity index (χ2v) is 6.10. The number of hydrogen-bond donors (Lipinski definition) is 1. The van der Waals surface area contributed by atoms with E-state index in [1.165, 1.54) is 0 Å². The molecule has 1 aromatic rings. The zero-order valence-electron chi connectivity index (χ0n) is 12.5. The highest BCUT2D eigenvalue weighted by atomic mass is 16.6. The molecule has 1 aliphatic rings. The van der Waals surface area contributed by atoms with E-state index in [1.54, 1.807) is 17.3 Å². The standard InChI is InChI=1S/C14H22N4O2/c1-10-7-15-8-12(16-10)17-11-5-6-18(9-11)13(19)20-14(2,3)4/h7-8,11H,5-6,9H2,1-4H3,(H,16,17)/t11-/m1/s1. The van der Waals surface area contributed by atoms with Crippen LogP contribution < -0.4 is 5.32 Å². The molecule has 1 amide bonds. The van der Waals surface area contributed by atoms with Gasteiger partial charge in [0.1, 0.15) is 11.4 Å². The van der Waals surface area contributed by atoms with Crippen LogP contribution in [0.3, 0.4) is 0 Å². The predicted molar refractivity (Wildman–Crippen MR) is 76.6 cm³/mol. The molecule has 0 bridgehead atoms. The van der Waals surface area contributed by atoms with Crippen molar-refractivity contribution >= 4 is 11.9 Å². The van der Waals surface area contributed by atoms with Crippen molar-refractivity contribution in [3.05, 3.63) is 18.1 Å². The maximum absolute atomic E-state index is 12.0. The molecule has 6 nitrogen and oxygen atoms in total. The summed E-state index contributed by atoms with van der Waals surface area (Å²) in [6.45, 7) is 8.85. The van der Waals surface area contributed by atoms with Crippen molar-refractivity contribution in [2.24, 2.45) is 0 Å². The minimum atomic E-state index is -0.454. The lowest BCUT2D eigenvalue weighted by molar-refractivity contribution is 0.0293. The number of carbonyl (C=O) groups is 1. The molecular weight excluding hydrogens is 256 g/mol. The molecule has 20 heavy (non-hydrogen) atoms. The van der Waals surface area contributed by atoms with Gasteiger partial charge in [0.05, 0.1) is 11.9 Å². The lowest BCUT2D eigenvalue weighted by Crippen LogP contribution is -2.36. The smallest absolute Gasteiger partial charge is 0.410 e. The Morgan fingerprint density at radius 1 is 1.45 bits per heavy atom. The summed E-state index contributed by atoms with van der Waals surface area (Å²) in [5.74, 6) is 0.751. The van der Waals surface area contributed by atoms with Gasteiger partial charge < -0.3 is 15.0 Å². The number of carbonyl (C=O) groups excluding carboxylic acids is 1. The molecule has 0 radical (unpaired) electrons. The van der Waals surface area contributed by atoms with Crippen LogP contribution in [0.1, 0.15) is 32.9 Å². The summed E-state index contributed by atoms with van der Waals surface area (Å²) in [5, 5.41) is 3.31. The molecule has 1 atom stereocenters. The van der Waals surface area contributed by atoms with E-state index in [4.69, 9.17) is 4.74 Å². The van der Waals surface area contributed by atoms with Crippen molar-refractivity contribution in [3.8, 4) is 0 Å². The van der Waals surface area contributed by atoms with Gasteiger partial charge in [-0.15, -0.1) is 0 Å². The largest absolute Gasteiger partial charge is 0.444 e. The predicted octanol–water partition coefficient (Wildman–Crippen LogP) is 2.21. The molecule has 110 valence electrons. The van der Waals surface area contributed by atoms with Crippen LogP contribution >= 0.6 is 0 Å². The molecule has 0 unspecified atom stereocenters. The van der Waals surface area contributed by atoms with E-state index in [0.29, 0.717) is 13.1 Å². The Bertz CT molecular complexity index is 484. The van der Waals surface area contributed by atoms with Crippen LogP contribution in [0.15, 0.2) is 12.4 Å². The van der Waals surface area contributed by atoms with Crippen LogP contribution in [0, 0.1) is 6.92 Å². The van der Waals surface area contributed by atoms with E-state index in [-0.39, 0.29) is 12.1 Å².